The fourth-order valence-corrected chi connectivity index (χ4v) is 1.01. The van der Waals surface area contributed by atoms with E-state index < -0.39 is 11.9 Å². The third-order valence-electron chi connectivity index (χ3n) is 1.48. The summed E-state index contributed by atoms with van der Waals surface area (Å²) in [7, 11) is 0. The summed E-state index contributed by atoms with van der Waals surface area (Å²) in [5.41, 5.74) is 0.108. The highest BCUT2D eigenvalue weighted by molar-refractivity contribution is 5.24. The third kappa shape index (κ3) is 3.36. The van der Waals surface area contributed by atoms with Crippen molar-refractivity contribution >= 4 is 0 Å². The number of halogens is 3. The van der Waals surface area contributed by atoms with Crippen LogP contribution in [-0.2, 0) is 6.18 Å². The summed E-state index contributed by atoms with van der Waals surface area (Å²) in [6, 6.07) is 1.47. The van der Waals surface area contributed by atoms with Crippen molar-refractivity contribution in [3.05, 3.63) is 29.1 Å². The molecule has 0 bridgehead atoms. The summed E-state index contributed by atoms with van der Waals surface area (Å²) in [4.78, 5) is 3.32. The van der Waals surface area contributed by atoms with Gasteiger partial charge in [0.15, 0.2) is 0 Å². The molecule has 0 N–H and O–H groups in total. The zero-order chi connectivity index (χ0) is 11.4. The highest BCUT2D eigenvalue weighted by Gasteiger charge is 2.33. The molecule has 4 heteroatoms. The zero-order valence-electron chi connectivity index (χ0n) is 8.74. The van der Waals surface area contributed by atoms with E-state index in [-0.39, 0.29) is 5.56 Å². The quantitative estimate of drug-likeness (QED) is 0.628. The van der Waals surface area contributed by atoms with Crippen molar-refractivity contribution in [2.45, 2.75) is 33.9 Å². The number of rotatable bonds is 0. The molecule has 1 rings (SSSR count). The van der Waals surface area contributed by atoms with Gasteiger partial charge in [-0.05, 0) is 25.0 Å². The Morgan fingerprint density at radius 3 is 2.00 bits per heavy atom. The average Bonchev–Trinajstić information content (AvgIpc) is 2.05. The minimum absolute atomic E-state index is 0.169. The van der Waals surface area contributed by atoms with Crippen molar-refractivity contribution in [3.63, 3.8) is 0 Å². The largest absolute Gasteiger partial charge is 0.433 e. The maximum atomic E-state index is 12.1. The lowest BCUT2D eigenvalue weighted by Crippen LogP contribution is -2.10. The molecule has 0 aliphatic heterocycles. The maximum absolute atomic E-state index is 12.1. The van der Waals surface area contributed by atoms with E-state index in [1.807, 2.05) is 13.8 Å². The van der Waals surface area contributed by atoms with Crippen LogP contribution in [0.3, 0.4) is 0 Å². The molecule has 0 atom stereocenters. The molecule has 0 fully saturated rings. The minimum Gasteiger partial charge on any atom is -0.251 e. The predicted octanol–water partition coefficient (Wildman–Crippen LogP) is 3.74. The molecule has 0 saturated heterocycles. The van der Waals surface area contributed by atoms with Crippen LogP contribution in [0.2, 0.25) is 0 Å². The van der Waals surface area contributed by atoms with E-state index in [9.17, 15) is 13.2 Å². The summed E-state index contributed by atoms with van der Waals surface area (Å²) < 4.78 is 36.4. The summed E-state index contributed by atoms with van der Waals surface area (Å²) >= 11 is 0. The van der Waals surface area contributed by atoms with Crippen LogP contribution in [-0.4, -0.2) is 4.98 Å². The van der Waals surface area contributed by atoms with Gasteiger partial charge in [0.25, 0.3) is 0 Å². The van der Waals surface area contributed by atoms with Gasteiger partial charge in [-0.25, -0.2) is 0 Å². The Labute approximate surface area is 82.0 Å². The lowest BCUT2D eigenvalue weighted by Gasteiger charge is -2.08. The Balaban J connectivity index is 0.000000791. The van der Waals surface area contributed by atoms with Gasteiger partial charge in [-0.2, -0.15) is 13.2 Å². The Morgan fingerprint density at radius 1 is 1.14 bits per heavy atom. The molecule has 80 valence electrons. The summed E-state index contributed by atoms with van der Waals surface area (Å²) in [5, 5.41) is 0. The molecule has 1 heterocycles. The number of aromatic nitrogens is 1. The topological polar surface area (TPSA) is 12.9 Å². The molecule has 0 spiro atoms. The van der Waals surface area contributed by atoms with Crippen LogP contribution in [0, 0.1) is 13.8 Å². The molecule has 1 aromatic heterocycles. The van der Waals surface area contributed by atoms with Crippen molar-refractivity contribution in [2.75, 3.05) is 0 Å². The highest BCUT2D eigenvalue weighted by Crippen LogP contribution is 2.29. The van der Waals surface area contributed by atoms with Crippen LogP contribution in [0.25, 0.3) is 0 Å². The van der Waals surface area contributed by atoms with Gasteiger partial charge in [-0.1, -0.05) is 19.9 Å². The first-order valence-corrected chi connectivity index (χ1v) is 4.41. The summed E-state index contributed by atoms with van der Waals surface area (Å²) in [5.74, 6) is 0. The number of hydrogen-bond donors (Lipinski definition) is 0. The zero-order valence-corrected chi connectivity index (χ0v) is 8.74. The lowest BCUT2D eigenvalue weighted by atomic mass is 10.1. The second kappa shape index (κ2) is 4.98. The first-order chi connectivity index (χ1) is 6.41. The van der Waals surface area contributed by atoms with Gasteiger partial charge in [-0.3, -0.25) is 4.98 Å². The van der Waals surface area contributed by atoms with Crippen LogP contribution in [0.1, 0.15) is 30.7 Å². The molecule has 0 saturated carbocycles. The van der Waals surface area contributed by atoms with Gasteiger partial charge in [0.1, 0.15) is 5.69 Å². The van der Waals surface area contributed by atoms with Crippen molar-refractivity contribution < 1.29 is 13.2 Å². The van der Waals surface area contributed by atoms with Gasteiger partial charge in [-0.15, -0.1) is 0 Å². The Kier molecular flexibility index (Phi) is 4.60. The standard InChI is InChI=1S/C8H8F3N.C2H6/c1-5-3-6(2)7(12-4-5)8(9,10)11;1-2/h3-4H,1-2H3;1-2H3. The first-order valence-electron chi connectivity index (χ1n) is 4.41. The monoisotopic (exact) mass is 205 g/mol. The van der Waals surface area contributed by atoms with Gasteiger partial charge in [0, 0.05) is 6.20 Å². The third-order valence-corrected chi connectivity index (χ3v) is 1.48. The van der Waals surface area contributed by atoms with E-state index in [0.717, 1.165) is 5.56 Å². The molecular weight excluding hydrogens is 191 g/mol. The van der Waals surface area contributed by atoms with Gasteiger partial charge >= 0.3 is 6.18 Å². The molecule has 14 heavy (non-hydrogen) atoms. The molecule has 1 nitrogen and oxygen atoms in total. The second-order valence-electron chi connectivity index (χ2n) is 2.68. The minimum atomic E-state index is -4.34. The fraction of sp³-hybridized carbons (Fsp3) is 0.500. The van der Waals surface area contributed by atoms with Crippen LogP contribution >= 0.6 is 0 Å². The van der Waals surface area contributed by atoms with Crippen LogP contribution in [0.5, 0.6) is 0 Å². The molecule has 1 aromatic rings. The summed E-state index contributed by atoms with van der Waals surface area (Å²) in [6.07, 6.45) is -3.12. The van der Waals surface area contributed by atoms with Gasteiger partial charge in [0.2, 0.25) is 0 Å². The maximum Gasteiger partial charge on any atom is 0.433 e. The molecule has 0 unspecified atom stereocenters. The smallest absolute Gasteiger partial charge is 0.251 e. The predicted molar refractivity (Wildman–Crippen MR) is 50.1 cm³/mol. The van der Waals surface area contributed by atoms with Gasteiger partial charge < -0.3 is 0 Å². The molecule has 0 aromatic carbocycles. The molecule has 0 aliphatic carbocycles. The Hall–Kier alpha value is -1.06. The van der Waals surface area contributed by atoms with E-state index in [1.165, 1.54) is 19.2 Å². The average molecular weight is 205 g/mol. The number of hydrogen-bond acceptors (Lipinski definition) is 1. The van der Waals surface area contributed by atoms with Crippen molar-refractivity contribution in [2.24, 2.45) is 0 Å². The van der Waals surface area contributed by atoms with Crippen molar-refractivity contribution in [1.29, 1.82) is 0 Å². The molecule has 0 aliphatic rings. The van der Waals surface area contributed by atoms with E-state index in [0.29, 0.717) is 0 Å². The Bertz CT molecular complexity index is 292. The normalized spacial score (nSPS) is 10.5. The molecule has 0 amide bonds. The highest BCUT2D eigenvalue weighted by atomic mass is 19.4. The SMILES string of the molecule is CC.Cc1cnc(C(F)(F)F)c(C)c1. The van der Waals surface area contributed by atoms with E-state index in [4.69, 9.17) is 0 Å². The van der Waals surface area contributed by atoms with Gasteiger partial charge in [0.05, 0.1) is 0 Å². The van der Waals surface area contributed by atoms with E-state index in [1.54, 1.807) is 6.92 Å². The van der Waals surface area contributed by atoms with Crippen LogP contribution < -0.4 is 0 Å². The number of pyridine rings is 1. The Morgan fingerprint density at radius 2 is 1.64 bits per heavy atom. The first kappa shape index (κ1) is 12.9. The number of alkyl halides is 3. The number of nitrogens with zero attached hydrogens (tertiary/aromatic N) is 1. The van der Waals surface area contributed by atoms with Crippen LogP contribution in [0.4, 0.5) is 13.2 Å². The van der Waals surface area contributed by atoms with Crippen molar-refractivity contribution in [1.82, 2.24) is 4.98 Å². The fourth-order valence-electron chi connectivity index (χ4n) is 1.01. The van der Waals surface area contributed by atoms with E-state index >= 15 is 0 Å². The van der Waals surface area contributed by atoms with Crippen LogP contribution in [0.15, 0.2) is 12.3 Å². The van der Waals surface area contributed by atoms with Crippen molar-refractivity contribution in [3.8, 4) is 0 Å². The second-order valence-corrected chi connectivity index (χ2v) is 2.68. The lowest BCUT2D eigenvalue weighted by molar-refractivity contribution is -0.141. The number of aryl methyl sites for hydroxylation is 2. The van der Waals surface area contributed by atoms with E-state index in [2.05, 4.69) is 4.98 Å². The molecular formula is C10H14F3N. The summed E-state index contributed by atoms with van der Waals surface area (Å²) in [6.45, 7) is 7.11. The molecule has 0 radical (unpaired) electrons.